The number of carbonyl (C=O) groups is 3. The summed E-state index contributed by atoms with van der Waals surface area (Å²) < 4.78 is 16.1. The average Bonchev–Trinajstić information content (AvgIpc) is 3.48. The van der Waals surface area contributed by atoms with Crippen molar-refractivity contribution >= 4 is 40.3 Å². The number of esters is 1. The Morgan fingerprint density at radius 2 is 1.83 bits per heavy atom. The number of nitrogens with zero attached hydrogens (tertiary/aromatic N) is 1. The van der Waals surface area contributed by atoms with E-state index in [4.69, 9.17) is 14.2 Å². The first-order valence-corrected chi connectivity index (χ1v) is 12.0. The fraction of sp³-hybridized carbons (Fsp3) is 0.231. The monoisotopic (exact) mass is 507 g/mol. The molecule has 1 aliphatic rings. The topological polar surface area (TPSA) is 115 Å². The van der Waals surface area contributed by atoms with Gasteiger partial charge in [0.1, 0.15) is 11.6 Å². The normalized spacial score (nSPS) is 12.2. The van der Waals surface area contributed by atoms with Gasteiger partial charge in [-0.1, -0.05) is 30.3 Å². The summed E-state index contributed by atoms with van der Waals surface area (Å²) in [7, 11) is 2.81. The van der Waals surface area contributed by atoms with E-state index in [1.807, 2.05) is 30.3 Å². The standard InChI is InChI=1S/C26H25N3O6S/c1-33-20-13-17(11-12-19(20)35-15-16-7-4-3-5-8-16)14-27-29-24(31)23(30)28-25-22(26(32)34-2)18-9-6-10-21(18)36-25/h3-5,7-8,11-14H,6,9-10,15H2,1-2H3,(H,28,30)(H,29,31). The maximum Gasteiger partial charge on any atom is 0.341 e. The lowest BCUT2D eigenvalue weighted by Crippen LogP contribution is -2.32. The third kappa shape index (κ3) is 5.72. The van der Waals surface area contributed by atoms with E-state index in [0.717, 1.165) is 35.3 Å². The number of amides is 2. The number of carbonyl (C=O) groups excluding carboxylic acids is 3. The molecule has 1 aromatic heterocycles. The molecule has 0 radical (unpaired) electrons. The van der Waals surface area contributed by atoms with Crippen LogP contribution in [0.4, 0.5) is 5.00 Å². The van der Waals surface area contributed by atoms with Crippen molar-refractivity contribution in [1.82, 2.24) is 5.43 Å². The minimum Gasteiger partial charge on any atom is -0.493 e. The van der Waals surface area contributed by atoms with Crippen molar-refractivity contribution in [3.63, 3.8) is 0 Å². The second kappa shape index (κ2) is 11.5. The van der Waals surface area contributed by atoms with Gasteiger partial charge in [-0.3, -0.25) is 9.59 Å². The van der Waals surface area contributed by atoms with Gasteiger partial charge in [0.05, 0.1) is 26.0 Å². The Morgan fingerprint density at radius 1 is 1.03 bits per heavy atom. The summed E-state index contributed by atoms with van der Waals surface area (Å²) in [6.07, 6.45) is 3.89. The summed E-state index contributed by atoms with van der Waals surface area (Å²) >= 11 is 1.29. The Kier molecular flexibility index (Phi) is 7.96. The molecule has 0 spiro atoms. The largest absolute Gasteiger partial charge is 0.493 e. The highest BCUT2D eigenvalue weighted by Crippen LogP contribution is 2.39. The molecule has 0 saturated heterocycles. The van der Waals surface area contributed by atoms with Crippen molar-refractivity contribution < 1.29 is 28.6 Å². The van der Waals surface area contributed by atoms with E-state index in [2.05, 4.69) is 15.8 Å². The third-order valence-corrected chi connectivity index (χ3v) is 6.76. The zero-order valence-corrected chi connectivity index (χ0v) is 20.6. The van der Waals surface area contributed by atoms with Gasteiger partial charge in [-0.15, -0.1) is 11.3 Å². The van der Waals surface area contributed by atoms with E-state index in [9.17, 15) is 14.4 Å². The summed E-state index contributed by atoms with van der Waals surface area (Å²) in [5, 5.41) is 6.68. The van der Waals surface area contributed by atoms with Crippen LogP contribution in [0.3, 0.4) is 0 Å². The van der Waals surface area contributed by atoms with Gasteiger partial charge in [0, 0.05) is 4.88 Å². The molecule has 2 N–H and O–H groups in total. The molecule has 9 nitrogen and oxygen atoms in total. The Hall–Kier alpha value is -4.18. The van der Waals surface area contributed by atoms with Crippen molar-refractivity contribution in [1.29, 1.82) is 0 Å². The van der Waals surface area contributed by atoms with Crippen molar-refractivity contribution in [3.8, 4) is 11.5 Å². The first kappa shape index (κ1) is 24.9. The molecule has 2 amide bonds. The lowest BCUT2D eigenvalue weighted by atomic mass is 10.1. The van der Waals surface area contributed by atoms with Gasteiger partial charge in [0.25, 0.3) is 0 Å². The number of anilines is 1. The second-order valence-corrected chi connectivity index (χ2v) is 9.00. The molecule has 186 valence electrons. The highest BCUT2D eigenvalue weighted by molar-refractivity contribution is 7.17. The molecule has 0 atom stereocenters. The molecule has 2 aromatic carbocycles. The highest BCUT2D eigenvalue weighted by atomic mass is 32.1. The minimum absolute atomic E-state index is 0.312. The predicted octanol–water partition coefficient (Wildman–Crippen LogP) is 3.70. The molecule has 0 fully saturated rings. The van der Waals surface area contributed by atoms with E-state index in [1.54, 1.807) is 18.2 Å². The molecule has 10 heteroatoms. The van der Waals surface area contributed by atoms with Crippen LogP contribution in [0.2, 0.25) is 0 Å². The predicted molar refractivity (Wildman–Crippen MR) is 136 cm³/mol. The fourth-order valence-electron chi connectivity index (χ4n) is 3.81. The number of fused-ring (bicyclic) bond motifs is 1. The van der Waals surface area contributed by atoms with Gasteiger partial charge in [-0.2, -0.15) is 5.10 Å². The van der Waals surface area contributed by atoms with Crippen LogP contribution in [0, 0.1) is 0 Å². The number of rotatable bonds is 8. The summed E-state index contributed by atoms with van der Waals surface area (Å²) in [5.41, 5.74) is 5.05. The van der Waals surface area contributed by atoms with Gasteiger partial charge in [-0.25, -0.2) is 10.2 Å². The first-order valence-electron chi connectivity index (χ1n) is 11.2. The van der Waals surface area contributed by atoms with Crippen molar-refractivity contribution in [2.24, 2.45) is 5.10 Å². The quantitative estimate of drug-likeness (QED) is 0.208. The molecule has 36 heavy (non-hydrogen) atoms. The first-order chi connectivity index (χ1) is 17.5. The number of methoxy groups -OCH3 is 2. The number of ether oxygens (including phenoxy) is 3. The summed E-state index contributed by atoms with van der Waals surface area (Å²) in [6, 6.07) is 14.9. The number of aryl methyl sites for hydroxylation is 1. The van der Waals surface area contributed by atoms with Crippen molar-refractivity contribution in [2.75, 3.05) is 19.5 Å². The van der Waals surface area contributed by atoms with Crippen LogP contribution in [0.1, 0.15) is 38.3 Å². The van der Waals surface area contributed by atoms with Crippen LogP contribution >= 0.6 is 11.3 Å². The van der Waals surface area contributed by atoms with Gasteiger partial charge in [-0.05, 0) is 54.2 Å². The van der Waals surface area contributed by atoms with Gasteiger partial charge < -0.3 is 19.5 Å². The van der Waals surface area contributed by atoms with Crippen LogP contribution in [-0.2, 0) is 33.8 Å². The van der Waals surface area contributed by atoms with Crippen LogP contribution < -0.4 is 20.2 Å². The molecule has 1 aliphatic carbocycles. The zero-order valence-electron chi connectivity index (χ0n) is 19.8. The van der Waals surface area contributed by atoms with Crippen molar-refractivity contribution in [3.05, 3.63) is 75.7 Å². The number of hydrazone groups is 1. The van der Waals surface area contributed by atoms with Crippen LogP contribution in [0.25, 0.3) is 0 Å². The number of hydrogen-bond donors (Lipinski definition) is 2. The van der Waals surface area contributed by atoms with Gasteiger partial charge in [0.2, 0.25) is 0 Å². The highest BCUT2D eigenvalue weighted by Gasteiger charge is 2.29. The van der Waals surface area contributed by atoms with Gasteiger partial charge >= 0.3 is 17.8 Å². The molecule has 1 heterocycles. The Labute approximate surface area is 212 Å². The summed E-state index contributed by atoms with van der Waals surface area (Å²) in [6.45, 7) is 0.390. The lowest BCUT2D eigenvalue weighted by molar-refractivity contribution is -0.136. The second-order valence-electron chi connectivity index (χ2n) is 7.89. The maximum absolute atomic E-state index is 12.4. The van der Waals surface area contributed by atoms with E-state index in [0.29, 0.717) is 34.2 Å². The van der Waals surface area contributed by atoms with E-state index in [1.165, 1.54) is 31.8 Å². The lowest BCUT2D eigenvalue weighted by Gasteiger charge is -2.11. The SMILES string of the molecule is COC(=O)c1c(NC(=O)C(=O)NN=Cc2ccc(OCc3ccccc3)c(OC)c2)sc2c1CCC2. The summed E-state index contributed by atoms with van der Waals surface area (Å²) in [4.78, 5) is 37.9. The molecular weight excluding hydrogens is 482 g/mol. The molecule has 0 bridgehead atoms. The number of hydrogen-bond acceptors (Lipinski definition) is 8. The van der Waals surface area contributed by atoms with E-state index in [-0.39, 0.29) is 0 Å². The number of thiophene rings is 1. The average molecular weight is 508 g/mol. The molecule has 4 rings (SSSR count). The third-order valence-electron chi connectivity index (χ3n) is 5.55. The molecule has 3 aromatic rings. The minimum atomic E-state index is -0.967. The Bertz CT molecular complexity index is 1300. The van der Waals surface area contributed by atoms with Crippen LogP contribution in [-0.4, -0.2) is 38.2 Å². The summed E-state index contributed by atoms with van der Waals surface area (Å²) in [5.74, 6) is -1.37. The molecular formula is C26H25N3O6S. The molecule has 0 unspecified atom stereocenters. The smallest absolute Gasteiger partial charge is 0.341 e. The van der Waals surface area contributed by atoms with E-state index < -0.39 is 17.8 Å². The molecule has 0 saturated carbocycles. The molecule has 0 aliphatic heterocycles. The number of nitrogens with one attached hydrogen (secondary N) is 2. The maximum atomic E-state index is 12.4. The number of benzene rings is 2. The zero-order chi connectivity index (χ0) is 25.5. The fourth-order valence-corrected chi connectivity index (χ4v) is 5.08. The van der Waals surface area contributed by atoms with Crippen LogP contribution in [0.5, 0.6) is 11.5 Å². The Morgan fingerprint density at radius 3 is 2.58 bits per heavy atom. The van der Waals surface area contributed by atoms with Crippen LogP contribution in [0.15, 0.2) is 53.6 Å². The van der Waals surface area contributed by atoms with Crippen molar-refractivity contribution in [2.45, 2.75) is 25.9 Å². The van der Waals surface area contributed by atoms with Gasteiger partial charge in [0.15, 0.2) is 11.5 Å². The van der Waals surface area contributed by atoms with E-state index >= 15 is 0 Å². The Balaban J connectivity index is 1.36.